The summed E-state index contributed by atoms with van der Waals surface area (Å²) in [5.41, 5.74) is 0.937. The number of pyridine rings is 1. The fraction of sp³-hybridized carbons (Fsp3) is 0.684. The highest BCUT2D eigenvalue weighted by Crippen LogP contribution is 2.29. The first-order valence-electron chi connectivity index (χ1n) is 9.23. The first kappa shape index (κ1) is 18.7. The van der Waals surface area contributed by atoms with Gasteiger partial charge in [-0.25, -0.2) is 4.79 Å². The van der Waals surface area contributed by atoms with E-state index in [1.165, 1.54) is 32.1 Å². The van der Waals surface area contributed by atoms with Gasteiger partial charge in [0.05, 0.1) is 0 Å². The van der Waals surface area contributed by atoms with Gasteiger partial charge in [-0.2, -0.15) is 0 Å². The van der Waals surface area contributed by atoms with Gasteiger partial charge in [0.2, 0.25) is 0 Å². The van der Waals surface area contributed by atoms with Gasteiger partial charge in [0.1, 0.15) is 0 Å². The van der Waals surface area contributed by atoms with Crippen molar-refractivity contribution < 1.29 is 9.90 Å². The average molecular weight is 333 g/mol. The molecule has 2 rings (SSSR count). The van der Waals surface area contributed by atoms with Gasteiger partial charge in [0.15, 0.2) is 0 Å². The van der Waals surface area contributed by atoms with Crippen LogP contribution in [-0.4, -0.2) is 35.8 Å². The molecule has 1 atom stereocenters. The molecule has 3 N–H and O–H groups in total. The predicted octanol–water partition coefficient (Wildman–Crippen LogP) is 2.75. The van der Waals surface area contributed by atoms with Crippen molar-refractivity contribution in [3.63, 3.8) is 0 Å². The van der Waals surface area contributed by atoms with Gasteiger partial charge in [0.25, 0.3) is 0 Å². The maximum absolute atomic E-state index is 12.0. The molecule has 5 heteroatoms. The zero-order chi connectivity index (χ0) is 17.2. The second-order valence-corrected chi connectivity index (χ2v) is 6.96. The van der Waals surface area contributed by atoms with Crippen LogP contribution in [0.1, 0.15) is 44.7 Å². The van der Waals surface area contributed by atoms with Crippen molar-refractivity contribution in [2.24, 2.45) is 17.8 Å². The first-order valence-corrected chi connectivity index (χ1v) is 9.23. The van der Waals surface area contributed by atoms with E-state index >= 15 is 0 Å². The topological polar surface area (TPSA) is 74.2 Å². The minimum atomic E-state index is -0.132. The minimum absolute atomic E-state index is 0.00866. The van der Waals surface area contributed by atoms with E-state index in [-0.39, 0.29) is 18.6 Å². The number of carbonyl (C=O) groups excluding carboxylic acids is 1. The number of nitrogens with zero attached hydrogens (tertiary/aromatic N) is 1. The lowest BCUT2D eigenvalue weighted by atomic mass is 9.81. The van der Waals surface area contributed by atoms with Crippen LogP contribution >= 0.6 is 0 Å². The molecule has 1 unspecified atom stereocenters. The molecule has 0 aliphatic heterocycles. The van der Waals surface area contributed by atoms with Gasteiger partial charge in [-0.05, 0) is 43.2 Å². The van der Waals surface area contributed by atoms with E-state index in [1.54, 1.807) is 6.20 Å². The molecule has 1 aromatic rings. The summed E-state index contributed by atoms with van der Waals surface area (Å²) in [6, 6.07) is 5.61. The molecule has 1 fully saturated rings. The lowest BCUT2D eigenvalue weighted by Crippen LogP contribution is -2.41. The quantitative estimate of drug-likeness (QED) is 0.685. The fourth-order valence-electron chi connectivity index (χ4n) is 3.40. The third kappa shape index (κ3) is 6.48. The summed E-state index contributed by atoms with van der Waals surface area (Å²) in [4.78, 5) is 16.2. The summed E-state index contributed by atoms with van der Waals surface area (Å²) >= 11 is 0. The van der Waals surface area contributed by atoms with Crippen LogP contribution in [0.5, 0.6) is 0 Å². The highest BCUT2D eigenvalue weighted by atomic mass is 16.3. The van der Waals surface area contributed by atoms with Gasteiger partial charge in [-0.15, -0.1) is 0 Å². The smallest absolute Gasteiger partial charge is 0.314 e. The number of urea groups is 1. The molecule has 134 valence electrons. The minimum Gasteiger partial charge on any atom is -0.396 e. The third-order valence-electron chi connectivity index (χ3n) is 5.13. The SMILES string of the molecule is CCC1CCC(CNC(=O)NCC(CO)Cc2ccccn2)CC1. The van der Waals surface area contributed by atoms with Crippen LogP contribution in [0.25, 0.3) is 0 Å². The summed E-state index contributed by atoms with van der Waals surface area (Å²) < 4.78 is 0. The maximum atomic E-state index is 12.0. The molecule has 0 aromatic carbocycles. The summed E-state index contributed by atoms with van der Waals surface area (Å²) in [7, 11) is 0. The molecule has 0 saturated heterocycles. The monoisotopic (exact) mass is 333 g/mol. The molecular formula is C19H31N3O2. The van der Waals surface area contributed by atoms with Crippen LogP contribution in [0.2, 0.25) is 0 Å². The van der Waals surface area contributed by atoms with Gasteiger partial charge in [0, 0.05) is 37.5 Å². The Balaban J connectivity index is 1.63. The summed E-state index contributed by atoms with van der Waals surface area (Å²) in [6.45, 7) is 3.52. The second-order valence-electron chi connectivity index (χ2n) is 6.96. The Morgan fingerprint density at radius 2 is 2.00 bits per heavy atom. The van der Waals surface area contributed by atoms with E-state index < -0.39 is 0 Å². The van der Waals surface area contributed by atoms with Crippen molar-refractivity contribution in [3.05, 3.63) is 30.1 Å². The van der Waals surface area contributed by atoms with Gasteiger partial charge < -0.3 is 15.7 Å². The normalized spacial score (nSPS) is 21.9. The highest BCUT2D eigenvalue weighted by Gasteiger charge is 2.20. The van der Waals surface area contributed by atoms with Crippen LogP contribution in [0.4, 0.5) is 4.79 Å². The Kier molecular flexibility index (Phi) is 8.02. The number of nitrogens with one attached hydrogen (secondary N) is 2. The summed E-state index contributed by atoms with van der Waals surface area (Å²) in [5.74, 6) is 1.48. The van der Waals surface area contributed by atoms with E-state index in [1.807, 2.05) is 18.2 Å². The number of rotatable bonds is 8. The molecule has 5 nitrogen and oxygen atoms in total. The molecule has 0 radical (unpaired) electrons. The Morgan fingerprint density at radius 1 is 1.25 bits per heavy atom. The van der Waals surface area contributed by atoms with Crippen LogP contribution < -0.4 is 10.6 Å². The van der Waals surface area contributed by atoms with Crippen molar-refractivity contribution in [2.75, 3.05) is 19.7 Å². The molecule has 0 spiro atoms. The number of aliphatic hydroxyl groups excluding tert-OH is 1. The highest BCUT2D eigenvalue weighted by molar-refractivity contribution is 5.73. The molecule has 1 aliphatic carbocycles. The van der Waals surface area contributed by atoms with E-state index in [0.717, 1.165) is 18.2 Å². The fourth-order valence-corrected chi connectivity index (χ4v) is 3.40. The lowest BCUT2D eigenvalue weighted by Gasteiger charge is -2.27. The van der Waals surface area contributed by atoms with E-state index in [2.05, 4.69) is 22.5 Å². The van der Waals surface area contributed by atoms with Crippen LogP contribution in [-0.2, 0) is 6.42 Å². The second kappa shape index (κ2) is 10.3. The molecule has 2 amide bonds. The summed E-state index contributed by atoms with van der Waals surface area (Å²) in [5, 5.41) is 15.3. The largest absolute Gasteiger partial charge is 0.396 e. The van der Waals surface area contributed by atoms with Crippen molar-refractivity contribution in [1.29, 1.82) is 0 Å². The number of aliphatic hydroxyl groups is 1. The number of amides is 2. The van der Waals surface area contributed by atoms with Crippen LogP contribution in [0.15, 0.2) is 24.4 Å². The molecule has 0 bridgehead atoms. The molecule has 1 saturated carbocycles. The molecular weight excluding hydrogens is 302 g/mol. The zero-order valence-electron chi connectivity index (χ0n) is 14.7. The van der Waals surface area contributed by atoms with Crippen LogP contribution in [0, 0.1) is 17.8 Å². The van der Waals surface area contributed by atoms with Gasteiger partial charge in [-0.3, -0.25) is 4.98 Å². The lowest BCUT2D eigenvalue weighted by molar-refractivity contribution is 0.210. The van der Waals surface area contributed by atoms with Crippen molar-refractivity contribution >= 4 is 6.03 Å². The van der Waals surface area contributed by atoms with Crippen molar-refractivity contribution in [1.82, 2.24) is 15.6 Å². The van der Waals surface area contributed by atoms with E-state index in [0.29, 0.717) is 18.9 Å². The van der Waals surface area contributed by atoms with Gasteiger partial charge >= 0.3 is 6.03 Å². The van der Waals surface area contributed by atoms with Crippen LogP contribution in [0.3, 0.4) is 0 Å². The van der Waals surface area contributed by atoms with Crippen molar-refractivity contribution in [2.45, 2.75) is 45.4 Å². The zero-order valence-corrected chi connectivity index (χ0v) is 14.7. The Labute approximate surface area is 145 Å². The third-order valence-corrected chi connectivity index (χ3v) is 5.13. The summed E-state index contributed by atoms with van der Waals surface area (Å²) in [6.07, 6.45) is 8.72. The molecule has 24 heavy (non-hydrogen) atoms. The number of hydrogen-bond acceptors (Lipinski definition) is 3. The predicted molar refractivity (Wildman–Crippen MR) is 95.7 cm³/mol. The number of aromatic nitrogens is 1. The Hall–Kier alpha value is -1.62. The number of carbonyl (C=O) groups is 1. The molecule has 1 aliphatic rings. The van der Waals surface area contributed by atoms with E-state index in [4.69, 9.17) is 0 Å². The van der Waals surface area contributed by atoms with Gasteiger partial charge in [-0.1, -0.05) is 32.3 Å². The Morgan fingerprint density at radius 3 is 2.62 bits per heavy atom. The average Bonchev–Trinajstić information content (AvgIpc) is 2.64. The standard InChI is InChI=1S/C19H31N3O2/c1-2-15-6-8-16(9-7-15)12-21-19(24)22-13-17(14-23)11-18-5-3-4-10-20-18/h3-5,10,15-17,23H,2,6-9,11-14H2,1H3,(H2,21,22,24). The van der Waals surface area contributed by atoms with Crippen molar-refractivity contribution in [3.8, 4) is 0 Å². The first-order chi connectivity index (χ1) is 11.7. The molecule has 1 aromatic heterocycles. The molecule has 1 heterocycles. The number of hydrogen-bond donors (Lipinski definition) is 3. The Bertz CT molecular complexity index is 473. The van der Waals surface area contributed by atoms with E-state index in [9.17, 15) is 9.90 Å². The maximum Gasteiger partial charge on any atom is 0.314 e.